The lowest BCUT2D eigenvalue weighted by molar-refractivity contribution is 0.301. The van der Waals surface area contributed by atoms with E-state index < -0.39 is 0 Å². The molecule has 2 nitrogen and oxygen atoms in total. The van der Waals surface area contributed by atoms with Crippen LogP contribution in [-0.4, -0.2) is 0 Å². The number of ether oxygens (including phenoxy) is 2. The predicted octanol–water partition coefficient (Wildman–Crippen LogP) is 14.4. The summed E-state index contributed by atoms with van der Waals surface area (Å²) in [5.41, 5.74) is 14.2. The molecule has 0 aliphatic heterocycles. The van der Waals surface area contributed by atoms with Crippen LogP contribution in [0, 0.1) is 11.8 Å². The number of fused-ring (bicyclic) bond motifs is 2. The van der Waals surface area contributed by atoms with Crippen LogP contribution < -0.4 is 9.47 Å². The van der Waals surface area contributed by atoms with E-state index in [1.807, 2.05) is 0 Å². The van der Waals surface area contributed by atoms with Gasteiger partial charge in [0, 0.05) is 11.1 Å². The minimum absolute atomic E-state index is 0.590. The molecule has 4 aliphatic carbocycles. The average molecular weight is 723 g/mol. The fraction of sp³-hybridized carbons (Fsp3) is 0.538. The van der Waals surface area contributed by atoms with E-state index in [-0.39, 0.29) is 0 Å². The minimum atomic E-state index is 0.590. The summed E-state index contributed by atoms with van der Waals surface area (Å²) in [7, 11) is 0. The normalized spacial score (nSPS) is 22.6. The maximum atomic E-state index is 6.91. The third-order valence-electron chi connectivity index (χ3n) is 14.0. The van der Waals surface area contributed by atoms with E-state index >= 15 is 0 Å². The zero-order chi connectivity index (χ0) is 36.7. The molecule has 0 amide bonds. The number of hydrogen-bond donors (Lipinski definition) is 0. The molecule has 2 heteroatoms. The zero-order valence-electron chi connectivity index (χ0n) is 33.6. The van der Waals surface area contributed by atoms with E-state index in [0.29, 0.717) is 13.2 Å². The van der Waals surface area contributed by atoms with Crippen LogP contribution in [0.4, 0.5) is 0 Å². The predicted molar refractivity (Wildman–Crippen MR) is 226 cm³/mol. The highest BCUT2D eigenvalue weighted by Gasteiger charge is 2.27. The van der Waals surface area contributed by atoms with Gasteiger partial charge in [-0.25, -0.2) is 0 Å². The van der Waals surface area contributed by atoms with Gasteiger partial charge in [-0.2, -0.15) is 0 Å². The lowest BCUT2D eigenvalue weighted by atomic mass is 9.77. The smallest absolute Gasteiger partial charge is 0.128 e. The van der Waals surface area contributed by atoms with Crippen molar-refractivity contribution in [3.8, 4) is 22.6 Å². The van der Waals surface area contributed by atoms with Gasteiger partial charge in [-0.05, 0) is 183 Å². The molecule has 0 aromatic heterocycles. The molecule has 0 saturated heterocycles. The molecule has 0 spiro atoms. The largest absolute Gasteiger partial charge is 0.488 e. The third kappa shape index (κ3) is 8.64. The second-order valence-electron chi connectivity index (χ2n) is 17.6. The molecule has 0 radical (unpaired) electrons. The highest BCUT2D eigenvalue weighted by molar-refractivity contribution is 5.83. The maximum absolute atomic E-state index is 6.91. The Labute approximate surface area is 327 Å². The van der Waals surface area contributed by atoms with Crippen molar-refractivity contribution < 1.29 is 9.47 Å². The lowest BCUT2D eigenvalue weighted by Gasteiger charge is -2.29. The standard InChI is InChI=1S/C52H66O2/c1-3-9-37-15-23-41(24-16-37)43-27-19-39(20-28-43)35-53-49-33-31-45-11-5-7-13-47(45)51(49)52-48-14-8-6-12-46(48)32-34-50(52)54-36-40-21-29-44(30-22-40)42-25-17-38(10-4-2)18-26-42/h19-22,27-34,37-38,41-42H,3-18,23-26,35-36H2,1-2H3. The number of aryl methyl sites for hydroxylation is 2. The van der Waals surface area contributed by atoms with E-state index in [1.165, 1.54) is 158 Å². The molecule has 8 rings (SSSR count). The fourth-order valence-corrected chi connectivity index (χ4v) is 10.9. The van der Waals surface area contributed by atoms with Crippen molar-refractivity contribution in [1.82, 2.24) is 0 Å². The van der Waals surface area contributed by atoms with Crippen LogP contribution in [0.25, 0.3) is 11.1 Å². The second-order valence-corrected chi connectivity index (χ2v) is 17.6. The maximum Gasteiger partial charge on any atom is 0.128 e. The van der Waals surface area contributed by atoms with Crippen molar-refractivity contribution in [3.05, 3.63) is 117 Å². The van der Waals surface area contributed by atoms with Crippen LogP contribution in [0.5, 0.6) is 11.5 Å². The molecule has 0 atom stereocenters. The Bertz CT molecular complexity index is 1670. The highest BCUT2D eigenvalue weighted by Crippen LogP contribution is 2.47. The molecule has 2 saturated carbocycles. The first-order valence-electron chi connectivity index (χ1n) is 22.4. The van der Waals surface area contributed by atoms with Gasteiger partial charge in [-0.15, -0.1) is 0 Å². The van der Waals surface area contributed by atoms with E-state index in [9.17, 15) is 0 Å². The summed E-state index contributed by atoms with van der Waals surface area (Å²) in [6.45, 7) is 5.85. The van der Waals surface area contributed by atoms with Gasteiger partial charge in [0.05, 0.1) is 0 Å². The van der Waals surface area contributed by atoms with Gasteiger partial charge in [-0.1, -0.05) is 100 Å². The van der Waals surface area contributed by atoms with Gasteiger partial charge in [0.1, 0.15) is 24.7 Å². The molecule has 54 heavy (non-hydrogen) atoms. The first-order valence-corrected chi connectivity index (χ1v) is 22.4. The molecule has 0 unspecified atom stereocenters. The van der Waals surface area contributed by atoms with Crippen LogP contribution in [-0.2, 0) is 38.9 Å². The zero-order valence-corrected chi connectivity index (χ0v) is 33.6. The first-order chi connectivity index (χ1) is 26.7. The number of rotatable bonds is 13. The van der Waals surface area contributed by atoms with Crippen molar-refractivity contribution >= 4 is 0 Å². The van der Waals surface area contributed by atoms with Gasteiger partial charge < -0.3 is 9.47 Å². The van der Waals surface area contributed by atoms with Crippen molar-refractivity contribution in [2.75, 3.05) is 0 Å². The van der Waals surface area contributed by atoms with Crippen molar-refractivity contribution in [1.29, 1.82) is 0 Å². The molecule has 4 aromatic rings. The van der Waals surface area contributed by atoms with Crippen molar-refractivity contribution in [2.24, 2.45) is 11.8 Å². The van der Waals surface area contributed by atoms with Gasteiger partial charge in [0.25, 0.3) is 0 Å². The van der Waals surface area contributed by atoms with Crippen molar-refractivity contribution in [3.63, 3.8) is 0 Å². The Morgan fingerprint density at radius 2 is 0.833 bits per heavy atom. The van der Waals surface area contributed by atoms with E-state index in [1.54, 1.807) is 0 Å². The molecule has 286 valence electrons. The summed E-state index contributed by atoms with van der Waals surface area (Å²) < 4.78 is 13.8. The van der Waals surface area contributed by atoms with Crippen LogP contribution in [0.3, 0.4) is 0 Å². The molecule has 0 heterocycles. The van der Waals surface area contributed by atoms with Crippen LogP contribution in [0.15, 0.2) is 72.8 Å². The summed E-state index contributed by atoms with van der Waals surface area (Å²) in [4.78, 5) is 0. The monoisotopic (exact) mass is 723 g/mol. The SMILES string of the molecule is CCCC1CCC(c2ccc(COc3ccc4c(c3-c3c(OCc5ccc(C6CCC(CCC)CC6)cc5)ccc5c3CCCC5)CCCC4)cc2)CC1. The average Bonchev–Trinajstić information content (AvgIpc) is 3.23. The molecule has 4 aliphatic rings. The minimum Gasteiger partial charge on any atom is -0.488 e. The number of benzene rings is 4. The molecule has 0 N–H and O–H groups in total. The van der Waals surface area contributed by atoms with Crippen molar-refractivity contribution in [2.45, 2.75) is 167 Å². The van der Waals surface area contributed by atoms with E-state index in [0.717, 1.165) is 60.9 Å². The van der Waals surface area contributed by atoms with Gasteiger partial charge >= 0.3 is 0 Å². The summed E-state index contributed by atoms with van der Waals surface area (Å²) in [6.07, 6.45) is 26.0. The highest BCUT2D eigenvalue weighted by atomic mass is 16.5. The van der Waals surface area contributed by atoms with Crippen LogP contribution in [0.2, 0.25) is 0 Å². The summed E-state index contributed by atoms with van der Waals surface area (Å²) in [6, 6.07) is 28.1. The Balaban J connectivity index is 1.03. The lowest BCUT2D eigenvalue weighted by Crippen LogP contribution is -2.13. The molecular weight excluding hydrogens is 657 g/mol. The van der Waals surface area contributed by atoms with Gasteiger partial charge in [-0.3, -0.25) is 0 Å². The summed E-state index contributed by atoms with van der Waals surface area (Å²) >= 11 is 0. The molecular formula is C52H66O2. The topological polar surface area (TPSA) is 18.5 Å². The Hall–Kier alpha value is -3.52. The fourth-order valence-electron chi connectivity index (χ4n) is 10.9. The first kappa shape index (κ1) is 37.4. The Kier molecular flexibility index (Phi) is 12.4. The molecule has 2 fully saturated rings. The summed E-state index contributed by atoms with van der Waals surface area (Å²) in [5.74, 6) is 5.38. The second kappa shape index (κ2) is 18.0. The van der Waals surface area contributed by atoms with E-state index in [2.05, 4.69) is 86.6 Å². The number of hydrogen-bond acceptors (Lipinski definition) is 2. The Morgan fingerprint density at radius 1 is 0.444 bits per heavy atom. The Morgan fingerprint density at radius 3 is 1.22 bits per heavy atom. The van der Waals surface area contributed by atoms with Gasteiger partial charge in [0.2, 0.25) is 0 Å². The summed E-state index contributed by atoms with van der Waals surface area (Å²) in [5, 5.41) is 0. The van der Waals surface area contributed by atoms with Crippen LogP contribution >= 0.6 is 0 Å². The quantitative estimate of drug-likeness (QED) is 0.137. The molecule has 0 bridgehead atoms. The van der Waals surface area contributed by atoms with E-state index in [4.69, 9.17) is 9.47 Å². The molecule has 4 aromatic carbocycles. The van der Waals surface area contributed by atoms with Crippen LogP contribution in [0.1, 0.15) is 173 Å². The van der Waals surface area contributed by atoms with Gasteiger partial charge in [0.15, 0.2) is 0 Å². The third-order valence-corrected chi connectivity index (χ3v) is 14.0.